The van der Waals surface area contributed by atoms with Crippen LogP contribution in [0.4, 0.5) is 0 Å². The third-order valence-electron chi connectivity index (χ3n) is 3.35. The van der Waals surface area contributed by atoms with Crippen LogP contribution in [0.2, 0.25) is 0 Å². The molecule has 6 heteroatoms. The third kappa shape index (κ3) is 3.00. The summed E-state index contributed by atoms with van der Waals surface area (Å²) in [6.07, 6.45) is 0.0537. The number of fused-ring (bicyclic) bond motifs is 1. The topological polar surface area (TPSA) is 77.6 Å². The number of hydrogen-bond acceptors (Lipinski definition) is 6. The molecule has 0 fully saturated rings. The Bertz CT molecular complexity index is 651. The zero-order valence-electron chi connectivity index (χ0n) is 12.3. The Morgan fingerprint density at radius 3 is 2.90 bits per heavy atom. The van der Waals surface area contributed by atoms with Crippen LogP contribution < -0.4 is 9.47 Å². The molecule has 1 aromatic heterocycles. The molecule has 2 aromatic rings. The van der Waals surface area contributed by atoms with Gasteiger partial charge in [0.1, 0.15) is 17.1 Å². The predicted octanol–water partition coefficient (Wildman–Crippen LogP) is 2.55. The number of hydrogen-bond donors (Lipinski definition) is 1. The molecule has 1 N–H and O–H groups in total. The van der Waals surface area contributed by atoms with Gasteiger partial charge < -0.3 is 19.0 Å². The van der Waals surface area contributed by atoms with Gasteiger partial charge in [0.25, 0.3) is 5.89 Å². The summed E-state index contributed by atoms with van der Waals surface area (Å²) in [7, 11) is 0. The maximum atomic E-state index is 10.1. The number of aryl methyl sites for hydroxylation is 1. The molecule has 0 aliphatic carbocycles. The summed E-state index contributed by atoms with van der Waals surface area (Å²) in [5.74, 6) is 2.21. The second-order valence-electron chi connectivity index (χ2n) is 5.78. The van der Waals surface area contributed by atoms with Gasteiger partial charge in [-0.1, -0.05) is 0 Å². The lowest BCUT2D eigenvalue weighted by Gasteiger charge is -2.35. The van der Waals surface area contributed by atoms with Crippen LogP contribution >= 0.6 is 0 Å². The van der Waals surface area contributed by atoms with E-state index in [0.717, 1.165) is 5.56 Å². The van der Waals surface area contributed by atoms with Gasteiger partial charge in [-0.25, -0.2) is 0 Å². The first-order valence-electron chi connectivity index (χ1n) is 6.86. The number of aromatic nitrogens is 2. The van der Waals surface area contributed by atoms with Crippen LogP contribution in [-0.2, 0) is 6.61 Å². The molecule has 21 heavy (non-hydrogen) atoms. The number of benzene rings is 1. The predicted molar refractivity (Wildman–Crippen MR) is 74.1 cm³/mol. The van der Waals surface area contributed by atoms with Crippen molar-refractivity contribution in [1.29, 1.82) is 0 Å². The van der Waals surface area contributed by atoms with E-state index in [9.17, 15) is 5.11 Å². The zero-order chi connectivity index (χ0) is 15.0. The van der Waals surface area contributed by atoms with Gasteiger partial charge in [-0.2, -0.15) is 0 Å². The highest BCUT2D eigenvalue weighted by Crippen LogP contribution is 2.41. The van der Waals surface area contributed by atoms with Crippen molar-refractivity contribution in [2.45, 2.75) is 45.5 Å². The Morgan fingerprint density at radius 2 is 2.19 bits per heavy atom. The van der Waals surface area contributed by atoms with E-state index in [4.69, 9.17) is 13.9 Å². The Morgan fingerprint density at radius 1 is 1.38 bits per heavy atom. The van der Waals surface area contributed by atoms with Crippen LogP contribution in [0.3, 0.4) is 0 Å². The lowest BCUT2D eigenvalue weighted by molar-refractivity contribution is 0.0112. The fourth-order valence-electron chi connectivity index (χ4n) is 2.42. The number of aliphatic hydroxyl groups is 1. The van der Waals surface area contributed by atoms with Crippen molar-refractivity contribution in [2.75, 3.05) is 0 Å². The largest absolute Gasteiger partial charge is 0.487 e. The van der Waals surface area contributed by atoms with Crippen LogP contribution in [-0.4, -0.2) is 20.9 Å². The van der Waals surface area contributed by atoms with Crippen LogP contribution in [0.15, 0.2) is 22.6 Å². The molecule has 1 aliphatic rings. The van der Waals surface area contributed by atoms with Crippen molar-refractivity contribution in [3.63, 3.8) is 0 Å². The Kier molecular flexibility index (Phi) is 3.33. The second-order valence-corrected chi connectivity index (χ2v) is 5.78. The van der Waals surface area contributed by atoms with Crippen LogP contribution in [0.5, 0.6) is 11.5 Å². The van der Waals surface area contributed by atoms with Crippen LogP contribution in [0.1, 0.15) is 43.7 Å². The van der Waals surface area contributed by atoms with Crippen LogP contribution in [0.25, 0.3) is 0 Å². The van der Waals surface area contributed by atoms with E-state index in [1.807, 2.05) is 19.9 Å². The molecule has 1 atom stereocenters. The molecule has 112 valence electrons. The Hall–Kier alpha value is -2.08. The van der Waals surface area contributed by atoms with Gasteiger partial charge in [-0.15, -0.1) is 10.2 Å². The molecule has 0 bridgehead atoms. The van der Waals surface area contributed by atoms with Gasteiger partial charge in [0.05, 0.1) is 6.10 Å². The standard InChI is InChI=1S/C15H18N2O4/c1-9-16-17-14(20-9)8-19-10-4-5-11-12(18)7-15(2,3)21-13(11)6-10/h4-6,12,18H,7-8H2,1-3H3. The SMILES string of the molecule is Cc1nnc(COc2ccc3c(c2)OC(C)(C)CC3O)o1. The van der Waals surface area contributed by atoms with E-state index in [1.165, 1.54) is 0 Å². The van der Waals surface area contributed by atoms with Gasteiger partial charge in [0, 0.05) is 25.0 Å². The molecule has 0 amide bonds. The number of ether oxygens (including phenoxy) is 2. The summed E-state index contributed by atoms with van der Waals surface area (Å²) in [6, 6.07) is 5.40. The fraction of sp³-hybridized carbons (Fsp3) is 0.467. The Balaban J connectivity index is 1.76. The quantitative estimate of drug-likeness (QED) is 0.936. The number of aliphatic hydroxyl groups excluding tert-OH is 1. The lowest BCUT2D eigenvalue weighted by atomic mass is 9.92. The average molecular weight is 290 g/mol. The van der Waals surface area contributed by atoms with E-state index < -0.39 is 11.7 Å². The van der Waals surface area contributed by atoms with Crippen molar-refractivity contribution in [1.82, 2.24) is 10.2 Å². The molecule has 0 spiro atoms. The summed E-state index contributed by atoms with van der Waals surface area (Å²) in [5, 5.41) is 17.8. The highest BCUT2D eigenvalue weighted by molar-refractivity contribution is 5.43. The minimum atomic E-state index is -0.517. The van der Waals surface area contributed by atoms with Crippen molar-refractivity contribution < 1.29 is 19.0 Å². The van der Waals surface area contributed by atoms with Gasteiger partial charge in [0.15, 0.2) is 6.61 Å². The number of nitrogens with zero attached hydrogens (tertiary/aromatic N) is 2. The van der Waals surface area contributed by atoms with Gasteiger partial charge in [-0.05, 0) is 26.0 Å². The summed E-state index contributed by atoms with van der Waals surface area (Å²) < 4.78 is 16.8. The third-order valence-corrected chi connectivity index (χ3v) is 3.35. The van der Waals surface area contributed by atoms with Gasteiger partial charge in [0.2, 0.25) is 5.89 Å². The van der Waals surface area contributed by atoms with E-state index in [-0.39, 0.29) is 6.61 Å². The molecule has 0 saturated carbocycles. The first kappa shape index (κ1) is 13.9. The molecule has 2 heterocycles. The molecule has 3 rings (SSSR count). The summed E-state index contributed by atoms with van der Waals surface area (Å²) in [6.45, 7) is 5.83. The first-order valence-corrected chi connectivity index (χ1v) is 6.86. The molecular formula is C15H18N2O4. The molecule has 0 radical (unpaired) electrons. The maximum Gasteiger partial charge on any atom is 0.253 e. The summed E-state index contributed by atoms with van der Waals surface area (Å²) >= 11 is 0. The smallest absolute Gasteiger partial charge is 0.253 e. The minimum absolute atomic E-state index is 0.200. The van der Waals surface area contributed by atoms with Crippen molar-refractivity contribution in [2.24, 2.45) is 0 Å². The minimum Gasteiger partial charge on any atom is -0.487 e. The zero-order valence-corrected chi connectivity index (χ0v) is 12.3. The fourth-order valence-corrected chi connectivity index (χ4v) is 2.42. The molecular weight excluding hydrogens is 272 g/mol. The summed E-state index contributed by atoms with van der Waals surface area (Å²) in [4.78, 5) is 0. The lowest BCUT2D eigenvalue weighted by Crippen LogP contribution is -2.34. The van der Waals surface area contributed by atoms with Crippen molar-refractivity contribution in [3.8, 4) is 11.5 Å². The highest BCUT2D eigenvalue weighted by Gasteiger charge is 2.32. The molecule has 1 aliphatic heterocycles. The maximum absolute atomic E-state index is 10.1. The van der Waals surface area contributed by atoms with E-state index in [0.29, 0.717) is 29.7 Å². The van der Waals surface area contributed by atoms with Crippen molar-refractivity contribution >= 4 is 0 Å². The monoisotopic (exact) mass is 290 g/mol. The highest BCUT2D eigenvalue weighted by atomic mass is 16.5. The van der Waals surface area contributed by atoms with E-state index in [1.54, 1.807) is 19.1 Å². The van der Waals surface area contributed by atoms with Gasteiger partial charge in [-0.3, -0.25) is 0 Å². The average Bonchev–Trinajstić information content (AvgIpc) is 2.80. The van der Waals surface area contributed by atoms with Crippen LogP contribution in [0, 0.1) is 6.92 Å². The molecule has 0 saturated heterocycles. The molecule has 1 aromatic carbocycles. The summed E-state index contributed by atoms with van der Waals surface area (Å²) in [5.41, 5.74) is 0.393. The normalized spacial score (nSPS) is 19.7. The Labute approximate surface area is 122 Å². The first-order chi connectivity index (χ1) is 9.93. The van der Waals surface area contributed by atoms with E-state index in [2.05, 4.69) is 10.2 Å². The molecule has 1 unspecified atom stereocenters. The van der Waals surface area contributed by atoms with E-state index >= 15 is 0 Å². The number of rotatable bonds is 3. The molecule has 6 nitrogen and oxygen atoms in total. The van der Waals surface area contributed by atoms with Gasteiger partial charge >= 0.3 is 0 Å². The second kappa shape index (κ2) is 5.04. The van der Waals surface area contributed by atoms with Crippen molar-refractivity contribution in [3.05, 3.63) is 35.5 Å².